The van der Waals surface area contributed by atoms with Crippen LogP contribution in [0.3, 0.4) is 0 Å². The van der Waals surface area contributed by atoms with Gasteiger partial charge in [0.2, 0.25) is 0 Å². The number of benzene rings is 2. The van der Waals surface area contributed by atoms with E-state index in [2.05, 4.69) is 0 Å². The average molecular weight is 322 g/mol. The number of thiocarbonyl (C=S) groups is 1. The van der Waals surface area contributed by atoms with E-state index in [1.54, 1.807) is 11.0 Å². The van der Waals surface area contributed by atoms with Crippen LogP contribution < -0.4 is 4.90 Å². The highest BCUT2D eigenvalue weighted by Gasteiger charge is 2.44. The van der Waals surface area contributed by atoms with Crippen molar-refractivity contribution in [1.82, 2.24) is 0 Å². The summed E-state index contributed by atoms with van der Waals surface area (Å²) >= 11 is 12.9. The van der Waals surface area contributed by atoms with Gasteiger partial charge in [0.15, 0.2) is 5.72 Å². The lowest BCUT2D eigenvalue weighted by molar-refractivity contribution is 0.0772. The number of aliphatic hydroxyl groups is 1. The monoisotopic (exact) mass is 321 g/mol. The Morgan fingerprint density at radius 3 is 2.60 bits per heavy atom. The first-order chi connectivity index (χ1) is 9.61. The van der Waals surface area contributed by atoms with Crippen molar-refractivity contribution < 1.29 is 5.11 Å². The van der Waals surface area contributed by atoms with E-state index >= 15 is 0 Å². The molecule has 1 saturated heterocycles. The molecule has 0 radical (unpaired) electrons. The second-order valence-corrected chi connectivity index (χ2v) is 6.60. The van der Waals surface area contributed by atoms with Gasteiger partial charge < -0.3 is 5.11 Å². The minimum Gasteiger partial charge on any atom is -0.366 e. The first kappa shape index (κ1) is 13.9. The Bertz CT molecular complexity index is 649. The van der Waals surface area contributed by atoms with Crippen molar-refractivity contribution in [2.75, 3.05) is 10.7 Å². The van der Waals surface area contributed by atoms with Gasteiger partial charge in [-0.05, 0) is 18.2 Å². The fraction of sp³-hybridized carbons (Fsp3) is 0.133. The van der Waals surface area contributed by atoms with E-state index in [9.17, 15) is 5.11 Å². The van der Waals surface area contributed by atoms with Crippen LogP contribution in [0.1, 0.15) is 5.56 Å². The van der Waals surface area contributed by atoms with Crippen molar-refractivity contribution in [3.8, 4) is 0 Å². The lowest BCUT2D eigenvalue weighted by Gasteiger charge is -2.34. The molecule has 1 atom stereocenters. The van der Waals surface area contributed by atoms with Gasteiger partial charge >= 0.3 is 0 Å². The lowest BCUT2D eigenvalue weighted by atomic mass is 10.0. The van der Waals surface area contributed by atoms with E-state index in [0.717, 1.165) is 11.3 Å². The molecule has 2 aromatic rings. The van der Waals surface area contributed by atoms with Gasteiger partial charge in [0, 0.05) is 16.3 Å². The van der Waals surface area contributed by atoms with Crippen molar-refractivity contribution in [3.63, 3.8) is 0 Å². The zero-order chi connectivity index (χ0) is 14.2. The molecule has 2 aromatic carbocycles. The molecule has 2 nitrogen and oxygen atoms in total. The van der Waals surface area contributed by atoms with Crippen LogP contribution in [0.25, 0.3) is 0 Å². The van der Waals surface area contributed by atoms with Crippen molar-refractivity contribution in [3.05, 3.63) is 65.2 Å². The van der Waals surface area contributed by atoms with E-state index in [0.29, 0.717) is 15.1 Å². The van der Waals surface area contributed by atoms with E-state index in [1.807, 2.05) is 48.5 Å². The maximum absolute atomic E-state index is 11.1. The van der Waals surface area contributed by atoms with Crippen LogP contribution in [0.5, 0.6) is 0 Å². The minimum absolute atomic E-state index is 0.502. The summed E-state index contributed by atoms with van der Waals surface area (Å²) in [6.07, 6.45) is 0. The Morgan fingerprint density at radius 2 is 1.90 bits per heavy atom. The zero-order valence-corrected chi connectivity index (χ0v) is 12.9. The van der Waals surface area contributed by atoms with Crippen molar-refractivity contribution in [2.45, 2.75) is 5.72 Å². The molecule has 0 amide bonds. The van der Waals surface area contributed by atoms with Crippen LogP contribution in [0, 0.1) is 0 Å². The quantitative estimate of drug-likeness (QED) is 0.844. The predicted molar refractivity (Wildman–Crippen MR) is 89.3 cm³/mol. The number of rotatable bonds is 2. The molecule has 1 aliphatic rings. The van der Waals surface area contributed by atoms with Gasteiger partial charge in [0.1, 0.15) is 4.32 Å². The van der Waals surface area contributed by atoms with Crippen LogP contribution in [0.15, 0.2) is 54.6 Å². The van der Waals surface area contributed by atoms with Crippen LogP contribution in [0.2, 0.25) is 5.02 Å². The van der Waals surface area contributed by atoms with Gasteiger partial charge in [0.25, 0.3) is 0 Å². The van der Waals surface area contributed by atoms with E-state index in [1.165, 1.54) is 11.8 Å². The van der Waals surface area contributed by atoms with Gasteiger partial charge in [-0.25, -0.2) is 0 Å². The molecular formula is C15H12ClNOS2. The summed E-state index contributed by atoms with van der Waals surface area (Å²) < 4.78 is 0.651. The number of hydrogen-bond donors (Lipinski definition) is 1. The highest BCUT2D eigenvalue weighted by molar-refractivity contribution is 8.23. The first-order valence-electron chi connectivity index (χ1n) is 6.12. The average Bonchev–Trinajstić information content (AvgIpc) is 2.77. The van der Waals surface area contributed by atoms with Crippen LogP contribution in [0.4, 0.5) is 5.69 Å². The van der Waals surface area contributed by atoms with Gasteiger partial charge in [-0.3, -0.25) is 4.90 Å². The molecule has 1 N–H and O–H groups in total. The summed E-state index contributed by atoms with van der Waals surface area (Å²) in [4.78, 5) is 1.77. The standard InChI is InChI=1S/C15H12ClNOS2/c16-12-7-4-8-13(9-12)17-14(19)20-10-15(17,18)11-5-2-1-3-6-11/h1-9,18H,10H2. The third kappa shape index (κ3) is 2.33. The molecular weight excluding hydrogens is 310 g/mol. The molecule has 1 unspecified atom stereocenters. The van der Waals surface area contributed by atoms with Gasteiger partial charge in [-0.1, -0.05) is 72.0 Å². The molecule has 1 heterocycles. The summed E-state index contributed by atoms with van der Waals surface area (Å²) in [6, 6.07) is 16.9. The highest BCUT2D eigenvalue weighted by Crippen LogP contribution is 2.42. The van der Waals surface area contributed by atoms with Gasteiger partial charge in [-0.2, -0.15) is 0 Å². The smallest absolute Gasteiger partial charge is 0.179 e. The topological polar surface area (TPSA) is 23.5 Å². The second-order valence-electron chi connectivity index (χ2n) is 4.55. The molecule has 0 saturated carbocycles. The van der Waals surface area contributed by atoms with Crippen LogP contribution in [-0.2, 0) is 5.72 Å². The Balaban J connectivity index is 2.09. The minimum atomic E-state index is -1.13. The lowest BCUT2D eigenvalue weighted by Crippen LogP contribution is -2.44. The Kier molecular flexibility index (Phi) is 3.73. The summed E-state index contributed by atoms with van der Waals surface area (Å²) in [5, 5.41) is 11.7. The molecule has 0 aliphatic carbocycles. The van der Waals surface area contributed by atoms with Crippen LogP contribution in [-0.4, -0.2) is 15.2 Å². The number of thioether (sulfide) groups is 1. The van der Waals surface area contributed by atoms with Gasteiger partial charge in [-0.15, -0.1) is 0 Å². The Morgan fingerprint density at radius 1 is 1.15 bits per heavy atom. The molecule has 5 heteroatoms. The molecule has 3 rings (SSSR count). The van der Waals surface area contributed by atoms with Crippen molar-refractivity contribution in [1.29, 1.82) is 0 Å². The predicted octanol–water partition coefficient (Wildman–Crippen LogP) is 4.02. The maximum atomic E-state index is 11.1. The molecule has 0 aromatic heterocycles. The maximum Gasteiger partial charge on any atom is 0.179 e. The SMILES string of the molecule is OC1(c2ccccc2)CSC(=S)N1c1cccc(Cl)c1. The van der Waals surface area contributed by atoms with E-state index in [-0.39, 0.29) is 0 Å². The fourth-order valence-corrected chi connectivity index (χ4v) is 3.92. The van der Waals surface area contributed by atoms with Crippen LogP contribution >= 0.6 is 35.6 Å². The number of halogens is 1. The van der Waals surface area contributed by atoms with Crippen molar-refractivity contribution in [2.24, 2.45) is 0 Å². The third-order valence-corrected chi connectivity index (χ3v) is 5.00. The Labute approximate surface area is 132 Å². The molecule has 1 aliphatic heterocycles. The Hall–Kier alpha value is -1.07. The zero-order valence-electron chi connectivity index (χ0n) is 10.5. The second kappa shape index (κ2) is 5.37. The molecule has 0 bridgehead atoms. The summed E-state index contributed by atoms with van der Waals surface area (Å²) in [6.45, 7) is 0. The van der Waals surface area contributed by atoms with Gasteiger partial charge in [0.05, 0.1) is 5.75 Å². The van der Waals surface area contributed by atoms with Crippen molar-refractivity contribution >= 4 is 45.6 Å². The number of anilines is 1. The largest absolute Gasteiger partial charge is 0.366 e. The van der Waals surface area contributed by atoms with E-state index in [4.69, 9.17) is 23.8 Å². The molecule has 102 valence electrons. The number of nitrogens with zero attached hydrogens (tertiary/aromatic N) is 1. The third-order valence-electron chi connectivity index (χ3n) is 3.25. The molecule has 1 fully saturated rings. The first-order valence-corrected chi connectivity index (χ1v) is 7.89. The summed E-state index contributed by atoms with van der Waals surface area (Å²) in [5.74, 6) is 0.502. The summed E-state index contributed by atoms with van der Waals surface area (Å²) in [5.41, 5.74) is 0.499. The fourth-order valence-electron chi connectivity index (χ4n) is 2.29. The normalized spacial score (nSPS) is 22.3. The summed E-state index contributed by atoms with van der Waals surface area (Å²) in [7, 11) is 0. The molecule has 20 heavy (non-hydrogen) atoms. The number of hydrogen-bond acceptors (Lipinski definition) is 3. The molecule has 0 spiro atoms. The highest BCUT2D eigenvalue weighted by atomic mass is 35.5. The van der Waals surface area contributed by atoms with E-state index < -0.39 is 5.72 Å².